The van der Waals surface area contributed by atoms with Gasteiger partial charge >= 0.3 is 5.97 Å². The van der Waals surface area contributed by atoms with Crippen LogP contribution in [0.1, 0.15) is 39.1 Å². The summed E-state index contributed by atoms with van der Waals surface area (Å²) in [7, 11) is 0. The number of carboxylic acids is 1. The van der Waals surface area contributed by atoms with Gasteiger partial charge in [0, 0.05) is 16.7 Å². The van der Waals surface area contributed by atoms with Crippen LogP contribution in [0.3, 0.4) is 0 Å². The lowest BCUT2D eigenvalue weighted by Crippen LogP contribution is -2.33. The number of nitrogens with two attached hydrogens (primary N) is 2. The Bertz CT molecular complexity index is 864. The fourth-order valence-electron chi connectivity index (χ4n) is 2.90. The Labute approximate surface area is 168 Å². The number of carbonyl (C=O) groups is 3. The van der Waals surface area contributed by atoms with Crippen LogP contribution >= 0.6 is 0 Å². The van der Waals surface area contributed by atoms with Crippen LogP contribution in [0, 0.1) is 0 Å². The van der Waals surface area contributed by atoms with Crippen molar-refractivity contribution in [3.63, 3.8) is 0 Å². The summed E-state index contributed by atoms with van der Waals surface area (Å²) < 4.78 is 0. The zero-order chi connectivity index (χ0) is 21.4. The van der Waals surface area contributed by atoms with Crippen molar-refractivity contribution in [2.45, 2.75) is 24.9 Å². The average molecular weight is 399 g/mol. The van der Waals surface area contributed by atoms with E-state index < -0.39 is 18.6 Å². The van der Waals surface area contributed by atoms with Crippen molar-refractivity contribution in [2.24, 2.45) is 5.73 Å². The number of Topliss-reactive ketones (excluding diaryl/α,β-unsaturated/α-hetero) is 1. The molecule has 2 aromatic rings. The Hall–Kier alpha value is -3.07. The average Bonchev–Trinajstić information content (AvgIpc) is 3.28. The van der Waals surface area contributed by atoms with Crippen LogP contribution in [0.25, 0.3) is 0 Å². The van der Waals surface area contributed by atoms with Gasteiger partial charge in [0.05, 0.1) is 18.3 Å². The van der Waals surface area contributed by atoms with E-state index in [1.54, 1.807) is 42.5 Å². The molecular formula is C21H25N3O5. The van der Waals surface area contributed by atoms with E-state index in [2.05, 4.69) is 5.32 Å². The predicted octanol–water partition coefficient (Wildman–Crippen LogP) is 0.825. The first-order valence-electron chi connectivity index (χ1n) is 9.21. The molecule has 8 nitrogen and oxygen atoms in total. The summed E-state index contributed by atoms with van der Waals surface area (Å²) in [5.41, 5.74) is 12.5. The molecule has 1 aliphatic heterocycles. The molecule has 0 spiro atoms. The van der Waals surface area contributed by atoms with Gasteiger partial charge in [0.2, 0.25) is 0 Å². The molecule has 0 aromatic heterocycles. The second-order valence-corrected chi connectivity index (χ2v) is 6.60. The number of carboxylic acid groups (broad SMARTS) is 1. The number of para-hydroxylation sites is 1. The number of aliphatic hydroxyl groups is 1. The maximum Gasteiger partial charge on any atom is 0.322 e. The fourth-order valence-corrected chi connectivity index (χ4v) is 2.90. The molecule has 8 heteroatoms. The van der Waals surface area contributed by atoms with Gasteiger partial charge in [0.1, 0.15) is 6.04 Å². The van der Waals surface area contributed by atoms with E-state index in [1.807, 2.05) is 6.07 Å². The molecule has 1 fully saturated rings. The first-order valence-corrected chi connectivity index (χ1v) is 9.21. The SMILES string of the molecule is NC(CO)C(=O)O.Nc1c(C(=O)c2ccccc2)cccc1C(=O)[C@@H]1CCCN1. The molecule has 0 amide bonds. The van der Waals surface area contributed by atoms with Crippen LogP contribution in [0.2, 0.25) is 0 Å². The Morgan fingerprint density at radius 2 is 1.72 bits per heavy atom. The Balaban J connectivity index is 0.000000370. The largest absolute Gasteiger partial charge is 0.480 e. The maximum atomic E-state index is 12.6. The summed E-state index contributed by atoms with van der Waals surface area (Å²) in [6.07, 6.45) is 1.80. The Morgan fingerprint density at radius 1 is 1.07 bits per heavy atom. The van der Waals surface area contributed by atoms with Gasteiger partial charge in [-0.1, -0.05) is 36.4 Å². The minimum Gasteiger partial charge on any atom is -0.480 e. The molecule has 7 N–H and O–H groups in total. The smallest absolute Gasteiger partial charge is 0.322 e. The van der Waals surface area contributed by atoms with Crippen LogP contribution < -0.4 is 16.8 Å². The van der Waals surface area contributed by atoms with Crippen LogP contribution in [0.4, 0.5) is 5.69 Å². The van der Waals surface area contributed by atoms with Crippen molar-refractivity contribution in [1.29, 1.82) is 0 Å². The molecule has 1 unspecified atom stereocenters. The van der Waals surface area contributed by atoms with Crippen LogP contribution in [-0.4, -0.2) is 53.0 Å². The highest BCUT2D eigenvalue weighted by atomic mass is 16.4. The second-order valence-electron chi connectivity index (χ2n) is 6.60. The number of benzene rings is 2. The Morgan fingerprint density at radius 3 is 2.24 bits per heavy atom. The van der Waals surface area contributed by atoms with Crippen molar-refractivity contribution in [2.75, 3.05) is 18.9 Å². The van der Waals surface area contributed by atoms with E-state index in [1.165, 1.54) is 0 Å². The zero-order valence-electron chi connectivity index (χ0n) is 15.9. The number of anilines is 1. The summed E-state index contributed by atoms with van der Waals surface area (Å²) in [5.74, 6) is -1.37. The molecule has 0 radical (unpaired) electrons. The van der Waals surface area contributed by atoms with Crippen molar-refractivity contribution in [3.05, 3.63) is 65.2 Å². The predicted molar refractivity (Wildman–Crippen MR) is 109 cm³/mol. The van der Waals surface area contributed by atoms with Gasteiger partial charge in [-0.15, -0.1) is 0 Å². The van der Waals surface area contributed by atoms with Crippen molar-refractivity contribution < 1.29 is 24.6 Å². The molecule has 0 bridgehead atoms. The van der Waals surface area contributed by atoms with Gasteiger partial charge in [-0.2, -0.15) is 0 Å². The van der Waals surface area contributed by atoms with Crippen molar-refractivity contribution in [1.82, 2.24) is 5.32 Å². The van der Waals surface area contributed by atoms with E-state index in [-0.39, 0.29) is 23.3 Å². The quantitative estimate of drug-likeness (QED) is 0.353. The number of rotatable bonds is 6. The number of hydrogen-bond acceptors (Lipinski definition) is 7. The highest BCUT2D eigenvalue weighted by Gasteiger charge is 2.26. The summed E-state index contributed by atoms with van der Waals surface area (Å²) in [6, 6.07) is 12.7. The van der Waals surface area contributed by atoms with Gasteiger partial charge in [-0.3, -0.25) is 14.4 Å². The summed E-state index contributed by atoms with van der Waals surface area (Å²) in [4.78, 5) is 34.7. The molecular weight excluding hydrogens is 374 g/mol. The van der Waals surface area contributed by atoms with E-state index in [4.69, 9.17) is 21.7 Å². The number of nitrogen functional groups attached to an aromatic ring is 1. The first kappa shape index (κ1) is 22.2. The highest BCUT2D eigenvalue weighted by Crippen LogP contribution is 2.23. The van der Waals surface area contributed by atoms with Crippen molar-refractivity contribution >= 4 is 23.2 Å². The molecule has 29 heavy (non-hydrogen) atoms. The van der Waals surface area contributed by atoms with Crippen LogP contribution in [0.5, 0.6) is 0 Å². The molecule has 0 saturated carbocycles. The second kappa shape index (κ2) is 10.5. The number of aliphatic carboxylic acids is 1. The number of nitrogens with one attached hydrogen (secondary N) is 1. The van der Waals surface area contributed by atoms with Gasteiger partial charge in [-0.05, 0) is 31.5 Å². The minimum absolute atomic E-state index is 0.0299. The van der Waals surface area contributed by atoms with Crippen LogP contribution in [-0.2, 0) is 4.79 Å². The first-order chi connectivity index (χ1) is 13.9. The molecule has 154 valence electrons. The molecule has 0 aliphatic carbocycles. The number of aliphatic hydroxyl groups excluding tert-OH is 1. The molecule has 3 rings (SSSR count). The molecule has 2 aromatic carbocycles. The number of ketones is 2. The third kappa shape index (κ3) is 5.71. The summed E-state index contributed by atoms with van der Waals surface area (Å²) in [5, 5.41) is 19.1. The van der Waals surface area contributed by atoms with E-state index in [0.29, 0.717) is 16.7 Å². The van der Waals surface area contributed by atoms with Gasteiger partial charge in [-0.25, -0.2) is 0 Å². The molecule has 1 aliphatic rings. The maximum absolute atomic E-state index is 12.6. The monoisotopic (exact) mass is 399 g/mol. The number of carbonyl (C=O) groups excluding carboxylic acids is 2. The number of hydrogen-bond donors (Lipinski definition) is 5. The normalized spacial score (nSPS) is 16.4. The summed E-state index contributed by atoms with van der Waals surface area (Å²) in [6.45, 7) is 0.342. The summed E-state index contributed by atoms with van der Waals surface area (Å²) >= 11 is 0. The van der Waals surface area contributed by atoms with Crippen LogP contribution in [0.15, 0.2) is 48.5 Å². The zero-order valence-corrected chi connectivity index (χ0v) is 15.9. The fraction of sp³-hybridized carbons (Fsp3) is 0.286. The standard InChI is InChI=1S/C18H18N2O2.C3H7NO3/c19-16-13(17(21)12-6-2-1-3-7-12)8-4-9-14(16)18(22)15-10-5-11-20-15;4-2(1-5)3(6)7/h1-4,6-9,15,20H,5,10-11,19H2;2,5H,1,4H2,(H,6,7)/t15-;/m0./s1. The highest BCUT2D eigenvalue weighted by molar-refractivity contribution is 6.15. The lowest BCUT2D eigenvalue weighted by Gasteiger charge is -2.13. The van der Waals surface area contributed by atoms with E-state index >= 15 is 0 Å². The lowest BCUT2D eigenvalue weighted by molar-refractivity contribution is -0.139. The Kier molecular flexibility index (Phi) is 8.02. The van der Waals surface area contributed by atoms with Gasteiger partial charge in [0.15, 0.2) is 11.6 Å². The van der Waals surface area contributed by atoms with Gasteiger partial charge < -0.3 is 27.0 Å². The third-order valence-corrected chi connectivity index (χ3v) is 4.54. The third-order valence-electron chi connectivity index (χ3n) is 4.54. The topological polar surface area (TPSA) is 156 Å². The molecule has 1 heterocycles. The molecule has 1 saturated heterocycles. The van der Waals surface area contributed by atoms with Crippen molar-refractivity contribution in [3.8, 4) is 0 Å². The van der Waals surface area contributed by atoms with Gasteiger partial charge in [0.25, 0.3) is 0 Å². The lowest BCUT2D eigenvalue weighted by atomic mass is 9.95. The van der Waals surface area contributed by atoms with E-state index in [0.717, 1.165) is 19.4 Å². The molecule has 2 atom stereocenters. The minimum atomic E-state index is -1.18. The van der Waals surface area contributed by atoms with E-state index in [9.17, 15) is 14.4 Å².